The van der Waals surface area contributed by atoms with Gasteiger partial charge < -0.3 is 24.5 Å². The molecule has 3 aromatic rings. The molecule has 4 rings (SSSR count). The molecule has 3 heterocycles. The number of imidazole rings is 1. The topological polar surface area (TPSA) is 162 Å². The van der Waals surface area contributed by atoms with Gasteiger partial charge in [-0.2, -0.15) is 15.1 Å². The second kappa shape index (κ2) is 11.4. The summed E-state index contributed by atoms with van der Waals surface area (Å²) in [5.74, 6) is -0.323. The van der Waals surface area contributed by atoms with Gasteiger partial charge in [0.2, 0.25) is 11.8 Å². The number of esters is 1. The largest absolute Gasteiger partial charge is 0.479 e. The number of carbonyl (C=O) groups is 1. The van der Waals surface area contributed by atoms with E-state index in [1.807, 2.05) is 0 Å². The summed E-state index contributed by atoms with van der Waals surface area (Å²) in [6.07, 6.45) is -1.11. The van der Waals surface area contributed by atoms with E-state index in [2.05, 4.69) is 20.0 Å². The molecule has 0 bridgehead atoms. The van der Waals surface area contributed by atoms with Gasteiger partial charge in [-0.3, -0.25) is 13.9 Å². The Bertz CT molecular complexity index is 1360. The molecule has 1 unspecified atom stereocenters. The summed E-state index contributed by atoms with van der Waals surface area (Å²) < 4.78 is 58.6. The van der Waals surface area contributed by atoms with E-state index in [-0.39, 0.29) is 47.9 Å². The molecule has 1 aromatic carbocycles. The predicted molar refractivity (Wildman–Crippen MR) is 139 cm³/mol. The molecule has 2 aromatic heterocycles. The summed E-state index contributed by atoms with van der Waals surface area (Å²) in [5.41, 5.74) is 4.42. The Morgan fingerprint density at radius 2 is 2.03 bits per heavy atom. The zero-order chi connectivity index (χ0) is 28.4. The number of alkyl halides is 1. The number of nitrogen functional groups attached to an aromatic ring is 1. The number of halogens is 1. The quantitative estimate of drug-likeness (QED) is 0.257. The Balaban J connectivity index is 1.52. The summed E-state index contributed by atoms with van der Waals surface area (Å²) in [4.78, 5) is 24.7. The Kier molecular flexibility index (Phi) is 8.40. The highest BCUT2D eigenvalue weighted by atomic mass is 31.2. The highest BCUT2D eigenvalue weighted by Gasteiger charge is 2.48. The van der Waals surface area contributed by atoms with Gasteiger partial charge in [0.05, 0.1) is 32.3 Å². The summed E-state index contributed by atoms with van der Waals surface area (Å²) in [6.45, 7) is 5.92. The molecular formula is C24H32FN6O7P. The molecule has 0 radical (unpaired) electrons. The first kappa shape index (κ1) is 28.7. The minimum atomic E-state index is -4.15. The molecule has 15 heteroatoms. The molecule has 1 fully saturated rings. The van der Waals surface area contributed by atoms with Crippen molar-refractivity contribution in [2.45, 2.75) is 64.3 Å². The lowest BCUT2D eigenvalue weighted by atomic mass is 10.0. The highest BCUT2D eigenvalue weighted by molar-refractivity contribution is 7.52. The Morgan fingerprint density at radius 3 is 2.69 bits per heavy atom. The third kappa shape index (κ3) is 6.64. The summed E-state index contributed by atoms with van der Waals surface area (Å²) in [6, 6.07) is 7.29. The molecule has 0 saturated carbocycles. The number of para-hydroxylation sites is 1. The third-order valence-corrected chi connectivity index (χ3v) is 7.42. The van der Waals surface area contributed by atoms with Crippen molar-refractivity contribution >= 4 is 30.8 Å². The summed E-state index contributed by atoms with van der Waals surface area (Å²) in [7, 11) is -2.74. The van der Waals surface area contributed by atoms with Crippen molar-refractivity contribution in [1.29, 1.82) is 0 Å². The number of hydrogen-bond acceptors (Lipinski definition) is 11. The van der Waals surface area contributed by atoms with Crippen LogP contribution in [0.25, 0.3) is 11.2 Å². The van der Waals surface area contributed by atoms with E-state index in [4.69, 9.17) is 29.0 Å². The number of nitrogens with zero attached hydrogens (tertiary/aromatic N) is 4. The molecule has 5 atom stereocenters. The number of aromatic nitrogens is 4. The number of carbonyl (C=O) groups excluding carboxylic acids is 1. The van der Waals surface area contributed by atoms with E-state index in [1.165, 1.54) is 31.9 Å². The van der Waals surface area contributed by atoms with Crippen molar-refractivity contribution in [2.24, 2.45) is 0 Å². The monoisotopic (exact) mass is 566 g/mol. The average Bonchev–Trinajstić information content (AvgIpc) is 3.41. The van der Waals surface area contributed by atoms with Gasteiger partial charge >= 0.3 is 13.7 Å². The van der Waals surface area contributed by atoms with Gasteiger partial charge in [0, 0.05) is 6.42 Å². The maximum atomic E-state index is 15.8. The number of nitrogens with two attached hydrogens (primary N) is 1. The lowest BCUT2D eigenvalue weighted by molar-refractivity contribution is -0.149. The molecule has 3 N–H and O–H groups in total. The van der Waals surface area contributed by atoms with Crippen LogP contribution >= 0.6 is 7.75 Å². The fourth-order valence-corrected chi connectivity index (χ4v) is 5.63. The number of anilines is 1. The van der Waals surface area contributed by atoms with Crippen molar-refractivity contribution in [3.63, 3.8) is 0 Å². The number of methoxy groups -OCH3 is 1. The molecule has 212 valence electrons. The standard InChI is InChI=1S/C24H32FN6O7P/c1-14(2)36-21(32)15(3)30-39(33,38-16-9-7-6-8-10-16)35-12-17-11-24(4,25)22(37-17)31-13-27-18-19(31)28-23(26)29-20(18)34-5/h6-10,13-15,17,22H,11-12H2,1-5H3,(H,30,33)(H2,26,28,29)/t15-,17-,22+,24+,39?/m0/s1. The van der Waals surface area contributed by atoms with Gasteiger partial charge in [-0.05, 0) is 39.8 Å². The zero-order valence-corrected chi connectivity index (χ0v) is 23.1. The second-order valence-corrected chi connectivity index (χ2v) is 11.2. The average molecular weight is 567 g/mol. The molecule has 0 spiro atoms. The molecular weight excluding hydrogens is 534 g/mol. The van der Waals surface area contributed by atoms with Crippen molar-refractivity contribution in [3.05, 3.63) is 36.7 Å². The molecule has 1 aliphatic heterocycles. The highest BCUT2D eigenvalue weighted by Crippen LogP contribution is 2.48. The van der Waals surface area contributed by atoms with Crippen LogP contribution in [-0.4, -0.2) is 63.1 Å². The lowest BCUT2D eigenvalue weighted by Crippen LogP contribution is -2.36. The van der Waals surface area contributed by atoms with Crippen LogP contribution in [0.4, 0.5) is 10.3 Å². The van der Waals surface area contributed by atoms with Crippen LogP contribution in [0.1, 0.15) is 40.3 Å². The first-order chi connectivity index (χ1) is 18.4. The van der Waals surface area contributed by atoms with Crippen molar-refractivity contribution in [2.75, 3.05) is 19.5 Å². The minimum Gasteiger partial charge on any atom is -0.479 e. The number of hydrogen-bond donors (Lipinski definition) is 2. The van der Waals surface area contributed by atoms with Crippen LogP contribution in [0.15, 0.2) is 36.7 Å². The molecule has 39 heavy (non-hydrogen) atoms. The van der Waals surface area contributed by atoms with Gasteiger partial charge in [0.25, 0.3) is 0 Å². The first-order valence-corrected chi connectivity index (χ1v) is 13.8. The summed E-state index contributed by atoms with van der Waals surface area (Å²) in [5, 5.41) is 2.60. The fourth-order valence-electron chi connectivity index (χ4n) is 4.11. The lowest BCUT2D eigenvalue weighted by Gasteiger charge is -2.24. The van der Waals surface area contributed by atoms with Gasteiger partial charge in [-0.1, -0.05) is 18.2 Å². The fraction of sp³-hybridized carbons (Fsp3) is 0.500. The van der Waals surface area contributed by atoms with Crippen LogP contribution in [0.3, 0.4) is 0 Å². The SMILES string of the molecule is COc1nc(N)nc2c1ncn2[C@@H]1O[C@H](COP(=O)(N[C@@H](C)C(=O)OC(C)C)Oc2ccccc2)C[C@@]1(C)F. The van der Waals surface area contributed by atoms with Crippen LogP contribution in [0.2, 0.25) is 0 Å². The second-order valence-electron chi connectivity index (χ2n) is 9.54. The zero-order valence-electron chi connectivity index (χ0n) is 22.2. The molecule has 13 nitrogen and oxygen atoms in total. The van der Waals surface area contributed by atoms with Crippen LogP contribution < -0.4 is 20.1 Å². The third-order valence-electron chi connectivity index (χ3n) is 5.77. The Morgan fingerprint density at radius 1 is 1.31 bits per heavy atom. The van der Waals surface area contributed by atoms with E-state index < -0.39 is 37.8 Å². The van der Waals surface area contributed by atoms with Gasteiger partial charge in [0.15, 0.2) is 23.1 Å². The Labute approximate surface area is 224 Å². The maximum absolute atomic E-state index is 15.8. The van der Waals surface area contributed by atoms with Gasteiger partial charge in [-0.25, -0.2) is 13.9 Å². The van der Waals surface area contributed by atoms with Crippen LogP contribution in [0, 0.1) is 0 Å². The van der Waals surface area contributed by atoms with Gasteiger partial charge in [-0.15, -0.1) is 0 Å². The van der Waals surface area contributed by atoms with E-state index in [0.717, 1.165) is 0 Å². The van der Waals surface area contributed by atoms with E-state index >= 15 is 4.39 Å². The number of nitrogens with one attached hydrogen (secondary N) is 1. The normalized spacial score (nSPS) is 23.5. The predicted octanol–water partition coefficient (Wildman–Crippen LogP) is 3.57. The van der Waals surface area contributed by atoms with E-state index in [1.54, 1.807) is 44.2 Å². The first-order valence-electron chi connectivity index (χ1n) is 12.3. The van der Waals surface area contributed by atoms with Crippen molar-refractivity contribution in [1.82, 2.24) is 24.6 Å². The summed E-state index contributed by atoms with van der Waals surface area (Å²) >= 11 is 0. The molecule has 1 saturated heterocycles. The van der Waals surface area contributed by atoms with Crippen LogP contribution in [-0.2, 0) is 23.4 Å². The van der Waals surface area contributed by atoms with Gasteiger partial charge in [0.1, 0.15) is 11.8 Å². The Hall–Kier alpha value is -3.32. The molecule has 1 aliphatic rings. The minimum absolute atomic E-state index is 0.0743. The smallest absolute Gasteiger partial charge is 0.459 e. The van der Waals surface area contributed by atoms with E-state index in [9.17, 15) is 9.36 Å². The number of benzene rings is 1. The van der Waals surface area contributed by atoms with E-state index in [0.29, 0.717) is 0 Å². The maximum Gasteiger partial charge on any atom is 0.459 e. The van der Waals surface area contributed by atoms with Crippen molar-refractivity contribution < 1.29 is 37.0 Å². The van der Waals surface area contributed by atoms with Crippen molar-refractivity contribution in [3.8, 4) is 11.6 Å². The number of ether oxygens (including phenoxy) is 3. The van der Waals surface area contributed by atoms with Crippen LogP contribution in [0.5, 0.6) is 11.6 Å². The molecule has 0 aliphatic carbocycles. The molecule has 0 amide bonds. The number of fused-ring (bicyclic) bond motifs is 1. The number of rotatable bonds is 11.